The molecule has 0 atom stereocenters. The zero-order valence-corrected chi connectivity index (χ0v) is 36.9. The molecule has 0 bridgehead atoms. The van der Waals surface area contributed by atoms with Gasteiger partial charge < -0.3 is 73.4 Å². The summed E-state index contributed by atoms with van der Waals surface area (Å²) in [4.78, 5) is 71.7. The van der Waals surface area contributed by atoms with Gasteiger partial charge in [-0.05, 0) is 91.0 Å². The topological polar surface area (TPSA) is 426 Å². The normalized spacial score (nSPS) is 11.4. The minimum Gasteiger partial charge on any atom is -0.508 e. The number of phenols is 7. The summed E-state index contributed by atoms with van der Waals surface area (Å²) in [5, 5.41) is 96.9. The molecular formula is C45H32O24P2. The summed E-state index contributed by atoms with van der Waals surface area (Å²) in [6.45, 7) is 0. The van der Waals surface area contributed by atoms with Gasteiger partial charge in [-0.3, -0.25) is 34.0 Å². The van der Waals surface area contributed by atoms with Gasteiger partial charge in [-0.25, -0.2) is 9.13 Å². The van der Waals surface area contributed by atoms with Gasteiger partial charge in [0.1, 0.15) is 34.0 Å². The molecule has 71 heavy (non-hydrogen) atoms. The molecule has 14 N–H and O–H groups in total. The first-order valence-corrected chi connectivity index (χ1v) is 22.5. The summed E-state index contributed by atoms with van der Waals surface area (Å²) >= 11 is 0. The van der Waals surface area contributed by atoms with Gasteiger partial charge in [0.25, 0.3) is 0 Å². The van der Waals surface area contributed by atoms with Gasteiger partial charge in [-0.15, -0.1) is 0 Å². The van der Waals surface area contributed by atoms with Crippen molar-refractivity contribution in [3.05, 3.63) is 140 Å². The largest absolute Gasteiger partial charge is 0.524 e. The first kappa shape index (κ1) is 49.7. The molecule has 0 spiro atoms. The molecule has 0 saturated heterocycles. The van der Waals surface area contributed by atoms with Crippen LogP contribution in [0.4, 0.5) is 0 Å². The molecule has 0 unspecified atom stereocenters. The van der Waals surface area contributed by atoms with Gasteiger partial charge in [0, 0.05) is 34.9 Å². The highest BCUT2D eigenvalue weighted by atomic mass is 31.2. The van der Waals surface area contributed by atoms with Crippen LogP contribution in [0.1, 0.15) is 0 Å². The third kappa shape index (κ3) is 10.9. The molecule has 366 valence electrons. The van der Waals surface area contributed by atoms with Crippen molar-refractivity contribution < 1.29 is 102 Å². The van der Waals surface area contributed by atoms with Gasteiger partial charge in [0.2, 0.25) is 33.5 Å². The molecule has 9 rings (SSSR count). The van der Waals surface area contributed by atoms with Gasteiger partial charge in [0.05, 0.1) is 16.2 Å². The maximum Gasteiger partial charge on any atom is 0.524 e. The van der Waals surface area contributed by atoms with Crippen LogP contribution in [0.3, 0.4) is 0 Å². The predicted molar refractivity (Wildman–Crippen MR) is 246 cm³/mol. The van der Waals surface area contributed by atoms with Crippen LogP contribution in [0.25, 0.3) is 66.9 Å². The molecule has 3 heterocycles. The fraction of sp³-hybridized carbons (Fsp3) is 0. The molecular weight excluding hydrogens is 986 g/mol. The molecule has 0 aliphatic carbocycles. The SMILES string of the molecule is O=c1c(O)c(-c2ccc(O)c(O)c2)oc2cc(O)ccc12.O=c1c(O)c(-c2ccc(O)c(OP(=O)(O)O)c2)oc2cc(O)ccc12.O=c1c(O)c(-c2ccc(OP(=O)(O)O)c(O)c2)oc2cc(O)ccc12. The van der Waals surface area contributed by atoms with Crippen LogP contribution >= 0.6 is 15.6 Å². The summed E-state index contributed by atoms with van der Waals surface area (Å²) in [6, 6.07) is 21.6. The second kappa shape index (κ2) is 19.1. The van der Waals surface area contributed by atoms with Crippen LogP contribution in [-0.2, 0) is 9.13 Å². The molecule has 3 aromatic heterocycles. The van der Waals surface area contributed by atoms with Crippen molar-refractivity contribution in [3.8, 4) is 103 Å². The number of phenolic OH excluding ortho intramolecular Hbond substituents is 7. The number of benzene rings is 6. The van der Waals surface area contributed by atoms with Crippen molar-refractivity contribution in [1.82, 2.24) is 0 Å². The number of fused-ring (bicyclic) bond motifs is 3. The second-order valence-electron chi connectivity index (χ2n) is 14.6. The Kier molecular flexibility index (Phi) is 13.4. The Hall–Kier alpha value is -9.15. The second-order valence-corrected chi connectivity index (χ2v) is 16.9. The van der Waals surface area contributed by atoms with Crippen LogP contribution in [0.5, 0.6) is 69.0 Å². The molecule has 0 saturated carbocycles. The molecule has 0 aliphatic rings. The number of hydrogen-bond acceptors (Lipinski definition) is 20. The number of phosphoric ester groups is 2. The fourth-order valence-corrected chi connectivity index (χ4v) is 7.30. The molecule has 26 heteroatoms. The Morgan fingerprint density at radius 1 is 0.352 bits per heavy atom. The van der Waals surface area contributed by atoms with E-state index >= 15 is 0 Å². The number of rotatable bonds is 7. The van der Waals surface area contributed by atoms with Crippen molar-refractivity contribution >= 4 is 48.6 Å². The average molecular weight is 1020 g/mol. The first-order chi connectivity index (χ1) is 33.3. The van der Waals surface area contributed by atoms with Gasteiger partial charge in [-0.1, -0.05) is 0 Å². The lowest BCUT2D eigenvalue weighted by molar-refractivity contribution is 0.276. The van der Waals surface area contributed by atoms with E-state index in [9.17, 15) is 74.6 Å². The molecule has 0 aliphatic heterocycles. The summed E-state index contributed by atoms with van der Waals surface area (Å²) in [7, 11) is -9.81. The smallest absolute Gasteiger partial charge is 0.508 e. The van der Waals surface area contributed by atoms with E-state index in [-0.39, 0.29) is 89.9 Å². The van der Waals surface area contributed by atoms with Crippen LogP contribution in [0.2, 0.25) is 0 Å². The molecule has 0 radical (unpaired) electrons. The van der Waals surface area contributed by atoms with E-state index in [1.807, 2.05) is 0 Å². The summed E-state index contributed by atoms with van der Waals surface area (Å²) in [6.07, 6.45) is 0. The zero-order chi connectivity index (χ0) is 51.9. The van der Waals surface area contributed by atoms with Crippen LogP contribution < -0.4 is 25.3 Å². The van der Waals surface area contributed by atoms with E-state index in [1.165, 1.54) is 78.9 Å². The highest BCUT2D eigenvalue weighted by molar-refractivity contribution is 7.47. The van der Waals surface area contributed by atoms with Crippen molar-refractivity contribution in [1.29, 1.82) is 0 Å². The molecule has 6 aromatic carbocycles. The minimum absolute atomic E-state index is 0.00725. The lowest BCUT2D eigenvalue weighted by Crippen LogP contribution is -2.02. The first-order valence-electron chi connectivity index (χ1n) is 19.4. The van der Waals surface area contributed by atoms with Crippen LogP contribution in [0.15, 0.2) is 137 Å². The maximum absolute atomic E-state index is 12.2. The van der Waals surface area contributed by atoms with Crippen molar-refractivity contribution in [2.45, 2.75) is 0 Å². The lowest BCUT2D eigenvalue weighted by Gasteiger charge is -2.11. The van der Waals surface area contributed by atoms with Crippen molar-refractivity contribution in [3.63, 3.8) is 0 Å². The Morgan fingerprint density at radius 3 is 1.06 bits per heavy atom. The summed E-state index contributed by atoms with van der Waals surface area (Å²) < 4.78 is 46.7. The molecule has 0 amide bonds. The Balaban J connectivity index is 0.000000157. The van der Waals surface area contributed by atoms with Gasteiger partial charge in [-0.2, -0.15) is 0 Å². The zero-order valence-electron chi connectivity index (χ0n) is 35.1. The van der Waals surface area contributed by atoms with E-state index in [0.29, 0.717) is 0 Å². The van der Waals surface area contributed by atoms with Gasteiger partial charge in [0.15, 0.2) is 51.8 Å². The number of aromatic hydroxyl groups is 10. The Morgan fingerprint density at radius 2 is 0.690 bits per heavy atom. The quantitative estimate of drug-likeness (QED) is 0.0608. The third-order valence-electron chi connectivity index (χ3n) is 9.67. The molecule has 0 fully saturated rings. The van der Waals surface area contributed by atoms with Gasteiger partial charge >= 0.3 is 15.6 Å². The van der Waals surface area contributed by atoms with Crippen molar-refractivity contribution in [2.75, 3.05) is 0 Å². The molecule has 9 aromatic rings. The minimum atomic E-state index is -4.94. The standard InChI is InChI=1S/2C15H11O9P.C15H10O6/c16-8-2-3-9-12(6-8)23-15(14(19)13(9)18)7-1-4-11(10(17)5-7)24-25(20,21)22;16-8-2-3-9-11(6-8)23-15(14(19)13(9)18)7-1-4-10(17)12(5-7)24-25(20,21)22;16-8-2-3-9-12(6-8)21-15(14(20)13(9)19)7-1-4-10(17)11(18)5-7/h2*1-6,16-17,19H,(H2,20,21,22);1-6,16-18,20H. The van der Waals surface area contributed by atoms with E-state index in [4.69, 9.17) is 32.8 Å². The Labute approximate surface area is 392 Å². The fourth-order valence-electron chi connectivity index (χ4n) is 6.49. The summed E-state index contributed by atoms with van der Waals surface area (Å²) in [5.41, 5.74) is -1.79. The highest BCUT2D eigenvalue weighted by Crippen LogP contribution is 2.45. The van der Waals surface area contributed by atoms with E-state index in [1.54, 1.807) is 0 Å². The predicted octanol–water partition coefficient (Wildman–Crippen LogP) is 6.38. The average Bonchev–Trinajstić information content (AvgIpc) is 3.29. The number of phosphoric acid groups is 2. The maximum atomic E-state index is 12.2. The van der Waals surface area contributed by atoms with Crippen LogP contribution in [-0.4, -0.2) is 70.6 Å². The van der Waals surface area contributed by atoms with Crippen LogP contribution in [0, 0.1) is 0 Å². The number of hydrogen-bond donors (Lipinski definition) is 14. The highest BCUT2D eigenvalue weighted by Gasteiger charge is 2.24. The van der Waals surface area contributed by atoms with E-state index < -0.39 is 77.9 Å². The van der Waals surface area contributed by atoms with E-state index in [0.717, 1.165) is 30.3 Å². The Bertz CT molecular complexity index is 3870. The lowest BCUT2D eigenvalue weighted by atomic mass is 10.1. The monoisotopic (exact) mass is 1020 g/mol. The molecule has 24 nitrogen and oxygen atoms in total. The summed E-state index contributed by atoms with van der Waals surface area (Å²) in [5.74, 6) is -6.25. The van der Waals surface area contributed by atoms with E-state index in [2.05, 4.69) is 9.05 Å². The third-order valence-corrected chi connectivity index (χ3v) is 10.5. The van der Waals surface area contributed by atoms with Crippen molar-refractivity contribution in [2.24, 2.45) is 0 Å².